The van der Waals surface area contributed by atoms with Gasteiger partial charge in [0.1, 0.15) is 5.60 Å². The van der Waals surface area contributed by atoms with Gasteiger partial charge in [0.25, 0.3) is 0 Å². The number of carbonyl (C=O) groups is 1. The first-order valence-corrected chi connectivity index (χ1v) is 5.73. The number of hydrogen-bond donors (Lipinski definition) is 1. The summed E-state index contributed by atoms with van der Waals surface area (Å²) in [5, 5.41) is 9.70. The Kier molecular flexibility index (Phi) is 3.71. The fourth-order valence-corrected chi connectivity index (χ4v) is 2.50. The van der Waals surface area contributed by atoms with Crippen LogP contribution >= 0.6 is 0 Å². The smallest absolute Gasteiger partial charge is 0.167 e. The van der Waals surface area contributed by atoms with Gasteiger partial charge >= 0.3 is 0 Å². The van der Waals surface area contributed by atoms with Gasteiger partial charge < -0.3 is 5.11 Å². The average molecular weight is 198 g/mol. The Morgan fingerprint density at radius 2 is 1.93 bits per heavy atom. The normalized spacial score (nSPS) is 28.9. The van der Waals surface area contributed by atoms with Crippen LogP contribution in [0.4, 0.5) is 0 Å². The molecule has 82 valence electrons. The van der Waals surface area contributed by atoms with Crippen molar-refractivity contribution < 1.29 is 9.90 Å². The molecular weight excluding hydrogens is 176 g/mol. The summed E-state index contributed by atoms with van der Waals surface area (Å²) in [6.45, 7) is 5.36. The molecule has 1 aliphatic rings. The lowest BCUT2D eigenvalue weighted by Crippen LogP contribution is -2.40. The summed E-state index contributed by atoms with van der Waals surface area (Å²) in [4.78, 5) is 11.9. The molecule has 1 aliphatic carbocycles. The van der Waals surface area contributed by atoms with E-state index in [0.29, 0.717) is 5.92 Å². The lowest BCUT2D eigenvalue weighted by atomic mass is 9.72. The lowest BCUT2D eigenvalue weighted by Gasteiger charge is -2.33. The minimum Gasteiger partial charge on any atom is -0.383 e. The van der Waals surface area contributed by atoms with Crippen molar-refractivity contribution in [2.24, 2.45) is 11.8 Å². The Balaban J connectivity index is 2.69. The summed E-state index contributed by atoms with van der Waals surface area (Å²) in [7, 11) is 0. The van der Waals surface area contributed by atoms with Crippen LogP contribution in [0.1, 0.15) is 52.9 Å². The molecule has 0 aromatic heterocycles. The molecule has 0 aromatic carbocycles. The Morgan fingerprint density at radius 1 is 1.36 bits per heavy atom. The molecule has 14 heavy (non-hydrogen) atoms. The number of Topliss-reactive ketones (excluding diaryl/α,β-unsaturated/α-hetero) is 1. The molecule has 2 unspecified atom stereocenters. The van der Waals surface area contributed by atoms with Gasteiger partial charge in [-0.05, 0) is 32.6 Å². The molecule has 2 heteroatoms. The van der Waals surface area contributed by atoms with E-state index in [1.54, 1.807) is 13.8 Å². The van der Waals surface area contributed by atoms with Gasteiger partial charge in [-0.1, -0.05) is 26.2 Å². The van der Waals surface area contributed by atoms with Gasteiger partial charge in [0.15, 0.2) is 5.78 Å². The molecule has 0 saturated heterocycles. The number of ketones is 1. The summed E-state index contributed by atoms with van der Waals surface area (Å²) in [6.07, 6.45) is 5.58. The number of hydrogen-bond acceptors (Lipinski definition) is 2. The highest BCUT2D eigenvalue weighted by molar-refractivity contribution is 5.88. The van der Waals surface area contributed by atoms with Gasteiger partial charge in [0, 0.05) is 5.92 Å². The van der Waals surface area contributed by atoms with Gasteiger partial charge in [0.2, 0.25) is 0 Å². The molecule has 0 aliphatic heterocycles. The van der Waals surface area contributed by atoms with Crippen LogP contribution in [0.2, 0.25) is 0 Å². The molecule has 0 heterocycles. The first-order chi connectivity index (χ1) is 6.46. The first-order valence-electron chi connectivity index (χ1n) is 5.73. The average Bonchev–Trinajstić information content (AvgIpc) is 2.15. The van der Waals surface area contributed by atoms with Crippen LogP contribution in [-0.2, 0) is 4.79 Å². The topological polar surface area (TPSA) is 37.3 Å². The van der Waals surface area contributed by atoms with Gasteiger partial charge in [-0.15, -0.1) is 0 Å². The minimum atomic E-state index is -1.14. The number of rotatable bonds is 3. The third-order valence-corrected chi connectivity index (χ3v) is 3.37. The third kappa shape index (κ3) is 2.57. The van der Waals surface area contributed by atoms with E-state index in [9.17, 15) is 9.90 Å². The molecule has 2 atom stereocenters. The van der Waals surface area contributed by atoms with Crippen molar-refractivity contribution in [3.8, 4) is 0 Å². The van der Waals surface area contributed by atoms with E-state index in [1.807, 2.05) is 0 Å². The van der Waals surface area contributed by atoms with E-state index >= 15 is 0 Å². The van der Waals surface area contributed by atoms with Crippen molar-refractivity contribution >= 4 is 5.78 Å². The highest BCUT2D eigenvalue weighted by atomic mass is 16.3. The summed E-state index contributed by atoms with van der Waals surface area (Å²) < 4.78 is 0. The molecule has 0 spiro atoms. The quantitative estimate of drug-likeness (QED) is 0.756. The molecule has 0 aromatic rings. The minimum absolute atomic E-state index is 0.0454. The molecular formula is C12H22O2. The monoisotopic (exact) mass is 198 g/mol. The lowest BCUT2D eigenvalue weighted by molar-refractivity contribution is -0.141. The number of aliphatic hydroxyl groups is 1. The zero-order valence-electron chi connectivity index (χ0n) is 9.55. The largest absolute Gasteiger partial charge is 0.383 e. The van der Waals surface area contributed by atoms with E-state index in [-0.39, 0.29) is 11.7 Å². The molecule has 1 rings (SSSR count). The van der Waals surface area contributed by atoms with Gasteiger partial charge in [-0.2, -0.15) is 0 Å². The predicted octanol–water partition coefficient (Wildman–Crippen LogP) is 2.54. The second kappa shape index (κ2) is 4.43. The highest BCUT2D eigenvalue weighted by Crippen LogP contribution is 2.34. The first kappa shape index (κ1) is 11.7. The fourth-order valence-electron chi connectivity index (χ4n) is 2.50. The molecule has 2 nitrogen and oxygen atoms in total. The Hall–Kier alpha value is -0.370. The second-order valence-electron chi connectivity index (χ2n) is 4.98. The fraction of sp³-hybridized carbons (Fsp3) is 0.917. The predicted molar refractivity (Wildman–Crippen MR) is 57.0 cm³/mol. The van der Waals surface area contributed by atoms with Crippen molar-refractivity contribution in [3.63, 3.8) is 0 Å². The molecule has 1 saturated carbocycles. The van der Waals surface area contributed by atoms with E-state index in [2.05, 4.69) is 6.92 Å². The Morgan fingerprint density at radius 3 is 2.43 bits per heavy atom. The maximum Gasteiger partial charge on any atom is 0.167 e. The molecule has 1 N–H and O–H groups in total. The van der Waals surface area contributed by atoms with Crippen LogP contribution in [-0.4, -0.2) is 16.5 Å². The molecule has 1 fully saturated rings. The maximum atomic E-state index is 11.9. The van der Waals surface area contributed by atoms with Crippen molar-refractivity contribution in [2.75, 3.05) is 0 Å². The van der Waals surface area contributed by atoms with Gasteiger partial charge in [-0.3, -0.25) is 4.79 Å². The molecule has 0 bridgehead atoms. The highest BCUT2D eigenvalue weighted by Gasteiger charge is 2.36. The van der Waals surface area contributed by atoms with E-state index in [4.69, 9.17) is 0 Å². The van der Waals surface area contributed by atoms with Crippen molar-refractivity contribution in [1.29, 1.82) is 0 Å². The van der Waals surface area contributed by atoms with Crippen LogP contribution in [0.15, 0.2) is 0 Å². The summed E-state index contributed by atoms with van der Waals surface area (Å²) in [6, 6.07) is 0. The van der Waals surface area contributed by atoms with E-state index in [0.717, 1.165) is 25.7 Å². The Bertz CT molecular complexity index is 203. The Labute approximate surface area is 86.7 Å². The third-order valence-electron chi connectivity index (χ3n) is 3.37. The summed E-state index contributed by atoms with van der Waals surface area (Å²) in [5.41, 5.74) is -1.14. The zero-order chi connectivity index (χ0) is 10.8. The van der Waals surface area contributed by atoms with Crippen LogP contribution in [0.5, 0.6) is 0 Å². The summed E-state index contributed by atoms with van der Waals surface area (Å²) in [5.74, 6) is 0.653. The maximum absolute atomic E-state index is 11.9. The van der Waals surface area contributed by atoms with Crippen LogP contribution in [0.25, 0.3) is 0 Å². The van der Waals surface area contributed by atoms with Crippen LogP contribution in [0.3, 0.4) is 0 Å². The summed E-state index contributed by atoms with van der Waals surface area (Å²) >= 11 is 0. The van der Waals surface area contributed by atoms with Crippen molar-refractivity contribution in [1.82, 2.24) is 0 Å². The van der Waals surface area contributed by atoms with E-state index < -0.39 is 5.60 Å². The number of carbonyl (C=O) groups excluding carboxylic acids is 1. The molecule has 0 radical (unpaired) electrons. The zero-order valence-corrected chi connectivity index (χ0v) is 9.55. The molecule has 0 amide bonds. The van der Waals surface area contributed by atoms with Crippen LogP contribution in [0, 0.1) is 11.8 Å². The van der Waals surface area contributed by atoms with E-state index in [1.165, 1.54) is 6.42 Å². The second-order valence-corrected chi connectivity index (χ2v) is 4.98. The SMILES string of the molecule is CCC1CCCCC1C(=O)C(C)(C)O. The van der Waals surface area contributed by atoms with Crippen molar-refractivity contribution in [3.05, 3.63) is 0 Å². The van der Waals surface area contributed by atoms with Gasteiger partial charge in [0.05, 0.1) is 0 Å². The van der Waals surface area contributed by atoms with Crippen LogP contribution < -0.4 is 0 Å². The van der Waals surface area contributed by atoms with Gasteiger partial charge in [-0.25, -0.2) is 0 Å². The standard InChI is InChI=1S/C12H22O2/c1-4-9-7-5-6-8-10(9)11(13)12(2,3)14/h9-10,14H,4-8H2,1-3H3. The van der Waals surface area contributed by atoms with Crippen molar-refractivity contribution in [2.45, 2.75) is 58.5 Å².